The summed E-state index contributed by atoms with van der Waals surface area (Å²) in [4.78, 5) is 33.3. The zero-order chi connectivity index (χ0) is 14.1. The molecule has 0 aliphatic carbocycles. The topological polar surface area (TPSA) is 72.4 Å². The molecular formula is C14H11N3O3. The summed E-state index contributed by atoms with van der Waals surface area (Å²) in [5.74, 6) is -0.224. The monoisotopic (exact) mass is 269 g/mol. The van der Waals surface area contributed by atoms with E-state index in [1.165, 1.54) is 12.4 Å². The fourth-order valence-corrected chi connectivity index (χ4v) is 2.15. The van der Waals surface area contributed by atoms with E-state index in [1.807, 2.05) is 18.2 Å². The molecule has 6 heteroatoms. The van der Waals surface area contributed by atoms with Gasteiger partial charge in [-0.25, -0.2) is 9.97 Å². The number of carbonyl (C=O) groups excluding carboxylic acids is 2. The van der Waals surface area contributed by atoms with E-state index in [0.29, 0.717) is 5.75 Å². The Morgan fingerprint density at radius 1 is 1.05 bits per heavy atom. The number of fused-ring (bicyclic) bond motifs is 1. The van der Waals surface area contributed by atoms with Gasteiger partial charge in [-0.1, -0.05) is 18.2 Å². The molecule has 1 aromatic carbocycles. The maximum atomic E-state index is 12.2. The van der Waals surface area contributed by atoms with Gasteiger partial charge >= 0.3 is 0 Å². The number of para-hydroxylation sites is 1. The number of rotatable bonds is 3. The van der Waals surface area contributed by atoms with Crippen LogP contribution in [-0.4, -0.2) is 33.8 Å². The SMILES string of the molecule is COc1ccccc1CN1C(=O)c2nccnc2C1=O. The van der Waals surface area contributed by atoms with Crippen molar-refractivity contribution in [3.8, 4) is 5.75 Å². The van der Waals surface area contributed by atoms with E-state index in [1.54, 1.807) is 13.2 Å². The number of hydrogen-bond donors (Lipinski definition) is 0. The summed E-state index contributed by atoms with van der Waals surface area (Å²) in [6.07, 6.45) is 2.80. The van der Waals surface area contributed by atoms with Crippen LogP contribution in [0.1, 0.15) is 26.5 Å². The van der Waals surface area contributed by atoms with Crippen molar-refractivity contribution in [3.63, 3.8) is 0 Å². The standard InChI is InChI=1S/C14H11N3O3/c1-20-10-5-3-2-4-9(10)8-17-13(18)11-12(14(17)19)16-7-6-15-11/h2-7H,8H2,1H3. The molecule has 3 rings (SSSR count). The highest BCUT2D eigenvalue weighted by Gasteiger charge is 2.38. The van der Waals surface area contributed by atoms with E-state index in [4.69, 9.17) is 4.74 Å². The number of aromatic nitrogens is 2. The van der Waals surface area contributed by atoms with Gasteiger partial charge in [0, 0.05) is 18.0 Å². The van der Waals surface area contributed by atoms with E-state index in [-0.39, 0.29) is 17.9 Å². The maximum Gasteiger partial charge on any atom is 0.282 e. The summed E-state index contributed by atoms with van der Waals surface area (Å²) in [5, 5.41) is 0. The number of hydrogen-bond acceptors (Lipinski definition) is 5. The second-order valence-corrected chi connectivity index (χ2v) is 4.26. The molecule has 0 saturated carbocycles. The van der Waals surface area contributed by atoms with Crippen LogP contribution in [0.3, 0.4) is 0 Å². The lowest BCUT2D eigenvalue weighted by Crippen LogP contribution is -2.29. The van der Waals surface area contributed by atoms with Gasteiger partial charge in [0.25, 0.3) is 11.8 Å². The first kappa shape index (κ1) is 12.3. The predicted octanol–water partition coefficient (Wildman–Crippen LogP) is 1.28. The molecule has 2 heterocycles. The third-order valence-corrected chi connectivity index (χ3v) is 3.11. The normalized spacial score (nSPS) is 13.6. The third-order valence-electron chi connectivity index (χ3n) is 3.11. The molecule has 6 nitrogen and oxygen atoms in total. The zero-order valence-electron chi connectivity index (χ0n) is 10.7. The van der Waals surface area contributed by atoms with Crippen LogP contribution in [0.4, 0.5) is 0 Å². The van der Waals surface area contributed by atoms with Gasteiger partial charge in [-0.2, -0.15) is 0 Å². The van der Waals surface area contributed by atoms with Crippen molar-refractivity contribution in [1.29, 1.82) is 0 Å². The molecule has 2 amide bonds. The second-order valence-electron chi connectivity index (χ2n) is 4.26. The molecule has 100 valence electrons. The van der Waals surface area contributed by atoms with E-state index in [2.05, 4.69) is 9.97 Å². The first-order valence-corrected chi connectivity index (χ1v) is 6.01. The third kappa shape index (κ3) is 1.82. The lowest BCUT2D eigenvalue weighted by atomic mass is 10.2. The molecule has 0 saturated heterocycles. The zero-order valence-corrected chi connectivity index (χ0v) is 10.7. The van der Waals surface area contributed by atoms with Crippen molar-refractivity contribution >= 4 is 11.8 Å². The average molecular weight is 269 g/mol. The highest BCUT2D eigenvalue weighted by atomic mass is 16.5. The van der Waals surface area contributed by atoms with Crippen LogP contribution >= 0.6 is 0 Å². The predicted molar refractivity (Wildman–Crippen MR) is 69.2 cm³/mol. The molecule has 1 aliphatic heterocycles. The fraction of sp³-hybridized carbons (Fsp3) is 0.143. The molecule has 0 bridgehead atoms. The molecule has 0 fully saturated rings. The number of carbonyl (C=O) groups is 2. The van der Waals surface area contributed by atoms with Crippen molar-refractivity contribution in [2.75, 3.05) is 7.11 Å². The lowest BCUT2D eigenvalue weighted by molar-refractivity contribution is 0.0638. The Bertz CT molecular complexity index is 665. The Kier molecular flexibility index (Phi) is 2.90. The van der Waals surface area contributed by atoms with Crippen molar-refractivity contribution in [2.45, 2.75) is 6.54 Å². The summed E-state index contributed by atoms with van der Waals surface area (Å²) in [7, 11) is 1.55. The van der Waals surface area contributed by atoms with Crippen molar-refractivity contribution in [2.24, 2.45) is 0 Å². The van der Waals surface area contributed by atoms with Crippen molar-refractivity contribution in [3.05, 3.63) is 53.6 Å². The van der Waals surface area contributed by atoms with Crippen LogP contribution in [0.5, 0.6) is 5.75 Å². The minimum atomic E-state index is -0.427. The second kappa shape index (κ2) is 4.73. The van der Waals surface area contributed by atoms with E-state index in [0.717, 1.165) is 10.5 Å². The number of methoxy groups -OCH3 is 1. The Labute approximate surface area is 115 Å². The summed E-state index contributed by atoms with van der Waals surface area (Å²) >= 11 is 0. The van der Waals surface area contributed by atoms with Gasteiger partial charge in [-0.15, -0.1) is 0 Å². The van der Waals surface area contributed by atoms with Crippen LogP contribution < -0.4 is 4.74 Å². The van der Waals surface area contributed by atoms with Crippen molar-refractivity contribution in [1.82, 2.24) is 14.9 Å². The van der Waals surface area contributed by atoms with Crippen LogP contribution in [-0.2, 0) is 6.54 Å². The Morgan fingerprint density at radius 3 is 2.25 bits per heavy atom. The van der Waals surface area contributed by atoms with Crippen molar-refractivity contribution < 1.29 is 14.3 Å². The first-order valence-electron chi connectivity index (χ1n) is 6.01. The van der Waals surface area contributed by atoms with Gasteiger partial charge in [-0.3, -0.25) is 14.5 Å². The van der Waals surface area contributed by atoms with Gasteiger partial charge in [0.1, 0.15) is 5.75 Å². The Hall–Kier alpha value is -2.76. The Balaban J connectivity index is 1.94. The van der Waals surface area contributed by atoms with Gasteiger partial charge in [0.05, 0.1) is 13.7 Å². The highest BCUT2D eigenvalue weighted by Crippen LogP contribution is 2.24. The van der Waals surface area contributed by atoms with Crippen LogP contribution in [0, 0.1) is 0 Å². The minimum Gasteiger partial charge on any atom is -0.496 e. The Morgan fingerprint density at radius 2 is 1.65 bits per heavy atom. The van der Waals surface area contributed by atoms with Gasteiger partial charge in [0.2, 0.25) is 0 Å². The molecule has 1 aromatic heterocycles. The van der Waals surface area contributed by atoms with E-state index < -0.39 is 11.8 Å². The number of benzene rings is 1. The molecule has 0 spiro atoms. The summed E-state index contributed by atoms with van der Waals surface area (Å²) < 4.78 is 5.22. The highest BCUT2D eigenvalue weighted by molar-refractivity contribution is 6.19. The number of nitrogens with zero attached hydrogens (tertiary/aromatic N) is 3. The van der Waals surface area contributed by atoms with Crippen LogP contribution in [0.15, 0.2) is 36.7 Å². The lowest BCUT2D eigenvalue weighted by Gasteiger charge is -2.15. The minimum absolute atomic E-state index is 0.104. The number of imide groups is 1. The molecule has 1 aliphatic rings. The summed E-state index contributed by atoms with van der Waals surface area (Å²) in [6, 6.07) is 7.24. The smallest absolute Gasteiger partial charge is 0.282 e. The van der Waals surface area contributed by atoms with Gasteiger partial charge < -0.3 is 4.74 Å². The molecular weight excluding hydrogens is 258 g/mol. The molecule has 0 N–H and O–H groups in total. The van der Waals surface area contributed by atoms with Gasteiger partial charge in [0.15, 0.2) is 11.4 Å². The van der Waals surface area contributed by atoms with E-state index in [9.17, 15) is 9.59 Å². The number of amides is 2. The van der Waals surface area contributed by atoms with E-state index >= 15 is 0 Å². The first-order chi connectivity index (χ1) is 9.72. The largest absolute Gasteiger partial charge is 0.496 e. The molecule has 2 aromatic rings. The average Bonchev–Trinajstić information content (AvgIpc) is 2.73. The summed E-state index contributed by atoms with van der Waals surface area (Å²) in [6.45, 7) is 0.139. The molecule has 20 heavy (non-hydrogen) atoms. The van der Waals surface area contributed by atoms with Crippen LogP contribution in [0.25, 0.3) is 0 Å². The number of ether oxygens (including phenoxy) is 1. The molecule has 0 atom stereocenters. The molecule has 0 unspecified atom stereocenters. The molecule has 0 radical (unpaired) electrons. The van der Waals surface area contributed by atoms with Gasteiger partial charge in [-0.05, 0) is 6.07 Å². The van der Waals surface area contributed by atoms with Crippen LogP contribution in [0.2, 0.25) is 0 Å². The summed E-state index contributed by atoms with van der Waals surface area (Å²) in [5.41, 5.74) is 0.962. The fourth-order valence-electron chi connectivity index (χ4n) is 2.15. The quantitative estimate of drug-likeness (QED) is 0.785. The maximum absolute atomic E-state index is 12.2.